The van der Waals surface area contributed by atoms with Gasteiger partial charge in [-0.3, -0.25) is 9.52 Å². The molecule has 0 aromatic heterocycles. The van der Waals surface area contributed by atoms with E-state index in [4.69, 9.17) is 16.3 Å². The number of hydrogen-bond acceptors (Lipinski definition) is 4. The van der Waals surface area contributed by atoms with E-state index in [0.29, 0.717) is 21.7 Å². The molecule has 2 N–H and O–H groups in total. The van der Waals surface area contributed by atoms with Gasteiger partial charge in [-0.15, -0.1) is 0 Å². The highest BCUT2D eigenvalue weighted by Crippen LogP contribution is 2.34. The number of benzene rings is 2. The Bertz CT molecular complexity index is 900. The summed E-state index contributed by atoms with van der Waals surface area (Å²) in [7, 11) is -3.96. The van der Waals surface area contributed by atoms with Crippen LogP contribution < -0.4 is 14.8 Å². The van der Waals surface area contributed by atoms with Crippen LogP contribution in [0.2, 0.25) is 5.02 Å². The minimum atomic E-state index is -3.96. The molecule has 2 aromatic carbocycles. The van der Waals surface area contributed by atoms with Crippen molar-refractivity contribution >= 4 is 49.1 Å². The van der Waals surface area contributed by atoms with Crippen molar-refractivity contribution in [2.24, 2.45) is 0 Å². The normalized spacial score (nSPS) is 14.2. The Labute approximate surface area is 152 Å². The second-order valence-corrected chi connectivity index (χ2v) is 8.00. The molecule has 1 aliphatic heterocycles. The highest BCUT2D eigenvalue weighted by atomic mass is 79.9. The van der Waals surface area contributed by atoms with Gasteiger partial charge < -0.3 is 10.1 Å². The molecule has 0 fully saturated rings. The Balaban J connectivity index is 2.07. The van der Waals surface area contributed by atoms with E-state index in [9.17, 15) is 13.2 Å². The fourth-order valence-corrected chi connectivity index (χ4v) is 4.21. The lowest BCUT2D eigenvalue weighted by molar-refractivity contribution is 0.0957. The monoisotopic (exact) mass is 430 g/mol. The Morgan fingerprint density at radius 2 is 1.92 bits per heavy atom. The molecule has 0 saturated carbocycles. The zero-order valence-electron chi connectivity index (χ0n) is 12.2. The van der Waals surface area contributed by atoms with Gasteiger partial charge in [-0.05, 0) is 36.4 Å². The van der Waals surface area contributed by atoms with Crippen LogP contribution >= 0.6 is 27.5 Å². The summed E-state index contributed by atoms with van der Waals surface area (Å²) in [6, 6.07) is 9.16. The number of rotatable bonds is 3. The molecular formula is C15H12BrClN2O4S. The lowest BCUT2D eigenvalue weighted by Gasteiger charge is -2.14. The molecule has 9 heteroatoms. The average Bonchev–Trinajstić information content (AvgIpc) is 2.71. The first-order valence-electron chi connectivity index (χ1n) is 6.90. The molecule has 0 atom stereocenters. The summed E-state index contributed by atoms with van der Waals surface area (Å²) in [6.45, 7) is 0.485. The molecule has 24 heavy (non-hydrogen) atoms. The van der Waals surface area contributed by atoms with Crippen molar-refractivity contribution in [3.8, 4) is 5.75 Å². The van der Waals surface area contributed by atoms with Gasteiger partial charge >= 0.3 is 0 Å². The van der Waals surface area contributed by atoms with Crippen LogP contribution in [0.15, 0.2) is 45.8 Å². The van der Waals surface area contributed by atoms with Gasteiger partial charge in [-0.1, -0.05) is 27.5 Å². The van der Waals surface area contributed by atoms with Crippen molar-refractivity contribution in [3.63, 3.8) is 0 Å². The first-order valence-corrected chi connectivity index (χ1v) is 9.55. The van der Waals surface area contributed by atoms with E-state index < -0.39 is 10.0 Å². The Morgan fingerprint density at radius 1 is 1.21 bits per heavy atom. The minimum absolute atomic E-state index is 0.0367. The van der Waals surface area contributed by atoms with Crippen molar-refractivity contribution in [3.05, 3.63) is 51.5 Å². The standard InChI is InChI=1S/C15H12BrClN2O4S/c16-9-7-12-14(23-6-5-18-15(12)20)13(8-9)24(21,22)19-11-3-1-10(17)2-4-11/h1-4,7-8,19H,5-6H2,(H,18,20). The van der Waals surface area contributed by atoms with Crippen molar-refractivity contribution in [1.29, 1.82) is 0 Å². The first kappa shape index (κ1) is 17.1. The van der Waals surface area contributed by atoms with Gasteiger partial charge in [0.25, 0.3) is 15.9 Å². The predicted octanol–water partition coefficient (Wildman–Crippen LogP) is 3.03. The Kier molecular flexibility index (Phi) is 4.71. The molecule has 0 bridgehead atoms. The molecule has 0 aliphatic carbocycles. The van der Waals surface area contributed by atoms with Gasteiger partial charge in [-0.25, -0.2) is 8.42 Å². The highest BCUT2D eigenvalue weighted by molar-refractivity contribution is 9.10. The second-order valence-electron chi connectivity index (χ2n) is 5.00. The second kappa shape index (κ2) is 6.62. The van der Waals surface area contributed by atoms with E-state index in [2.05, 4.69) is 26.0 Å². The third-order valence-electron chi connectivity index (χ3n) is 3.28. The topological polar surface area (TPSA) is 84.5 Å². The van der Waals surface area contributed by atoms with E-state index in [1.165, 1.54) is 12.1 Å². The molecule has 0 unspecified atom stereocenters. The maximum atomic E-state index is 12.8. The van der Waals surface area contributed by atoms with Crippen LogP contribution in [-0.4, -0.2) is 27.5 Å². The molecule has 126 valence electrons. The van der Waals surface area contributed by atoms with Gasteiger partial charge in [0.15, 0.2) is 5.75 Å². The fourth-order valence-electron chi connectivity index (χ4n) is 2.23. The van der Waals surface area contributed by atoms with Crippen molar-refractivity contribution in [2.45, 2.75) is 4.90 Å². The van der Waals surface area contributed by atoms with Crippen molar-refractivity contribution < 1.29 is 17.9 Å². The summed E-state index contributed by atoms with van der Waals surface area (Å²) in [5.41, 5.74) is 0.518. The SMILES string of the molecule is O=C1NCCOc2c1cc(Br)cc2S(=O)(=O)Nc1ccc(Cl)cc1. The van der Waals surface area contributed by atoms with Gasteiger partial charge in [0.05, 0.1) is 12.1 Å². The van der Waals surface area contributed by atoms with Crippen LogP contribution in [0.25, 0.3) is 0 Å². The largest absolute Gasteiger partial charge is 0.489 e. The van der Waals surface area contributed by atoms with Gasteiger partial charge in [0.1, 0.15) is 11.5 Å². The smallest absolute Gasteiger partial charge is 0.265 e. The molecule has 1 amide bonds. The molecule has 0 saturated heterocycles. The summed E-state index contributed by atoms with van der Waals surface area (Å²) >= 11 is 9.04. The van der Waals surface area contributed by atoms with Crippen LogP contribution in [-0.2, 0) is 10.0 Å². The molecule has 0 radical (unpaired) electrons. The number of amides is 1. The number of carbonyl (C=O) groups is 1. The summed E-state index contributed by atoms with van der Waals surface area (Å²) in [6.07, 6.45) is 0. The van der Waals surface area contributed by atoms with Crippen LogP contribution in [0.5, 0.6) is 5.75 Å². The molecule has 0 spiro atoms. The number of nitrogens with one attached hydrogen (secondary N) is 2. The van der Waals surface area contributed by atoms with Crippen LogP contribution in [0, 0.1) is 0 Å². The zero-order valence-corrected chi connectivity index (χ0v) is 15.3. The summed E-state index contributed by atoms with van der Waals surface area (Å²) in [5, 5.41) is 3.14. The molecule has 6 nitrogen and oxygen atoms in total. The fraction of sp³-hybridized carbons (Fsp3) is 0.133. The van der Waals surface area contributed by atoms with Gasteiger partial charge in [0, 0.05) is 15.2 Å². The highest BCUT2D eigenvalue weighted by Gasteiger charge is 2.27. The van der Waals surface area contributed by atoms with E-state index in [1.807, 2.05) is 0 Å². The summed E-state index contributed by atoms with van der Waals surface area (Å²) in [4.78, 5) is 12.0. The third-order valence-corrected chi connectivity index (χ3v) is 5.38. The number of fused-ring (bicyclic) bond motifs is 1. The third kappa shape index (κ3) is 3.50. The molecular weight excluding hydrogens is 420 g/mol. The number of carbonyl (C=O) groups excluding carboxylic acids is 1. The molecule has 1 heterocycles. The van der Waals surface area contributed by atoms with E-state index in [1.54, 1.807) is 24.3 Å². The van der Waals surface area contributed by atoms with Crippen LogP contribution in [0.4, 0.5) is 5.69 Å². The van der Waals surface area contributed by atoms with Crippen molar-refractivity contribution in [2.75, 3.05) is 17.9 Å². The number of anilines is 1. The summed E-state index contributed by atoms with van der Waals surface area (Å²) in [5.74, 6) is -0.346. The molecule has 1 aliphatic rings. The number of ether oxygens (including phenoxy) is 1. The summed E-state index contributed by atoms with van der Waals surface area (Å²) < 4.78 is 33.9. The number of sulfonamides is 1. The maximum absolute atomic E-state index is 12.8. The van der Waals surface area contributed by atoms with E-state index in [0.717, 1.165) is 0 Å². The molecule has 2 aromatic rings. The quantitative estimate of drug-likeness (QED) is 0.782. The first-order chi connectivity index (χ1) is 11.4. The number of halogens is 2. The predicted molar refractivity (Wildman–Crippen MR) is 94.2 cm³/mol. The van der Waals surface area contributed by atoms with E-state index >= 15 is 0 Å². The van der Waals surface area contributed by atoms with Gasteiger partial charge in [0.2, 0.25) is 0 Å². The van der Waals surface area contributed by atoms with Crippen molar-refractivity contribution in [1.82, 2.24) is 5.32 Å². The van der Waals surface area contributed by atoms with Crippen LogP contribution in [0.3, 0.4) is 0 Å². The Hall–Kier alpha value is -1.77. The number of hydrogen-bond donors (Lipinski definition) is 2. The lowest BCUT2D eigenvalue weighted by Crippen LogP contribution is -2.24. The Morgan fingerprint density at radius 3 is 2.62 bits per heavy atom. The zero-order chi connectivity index (χ0) is 17.3. The average molecular weight is 432 g/mol. The maximum Gasteiger partial charge on any atom is 0.265 e. The lowest BCUT2D eigenvalue weighted by atomic mass is 10.2. The van der Waals surface area contributed by atoms with Crippen LogP contribution in [0.1, 0.15) is 10.4 Å². The van der Waals surface area contributed by atoms with E-state index in [-0.39, 0.29) is 28.7 Å². The molecule has 3 rings (SSSR count). The minimum Gasteiger partial charge on any atom is -0.489 e. The van der Waals surface area contributed by atoms with Gasteiger partial charge in [-0.2, -0.15) is 0 Å².